The van der Waals surface area contributed by atoms with E-state index in [0.717, 1.165) is 32.8 Å². The first-order chi connectivity index (χ1) is 9.58. The highest BCUT2D eigenvalue weighted by atomic mass is 16.5. The Bertz CT molecular complexity index is 223. The van der Waals surface area contributed by atoms with Gasteiger partial charge in [0.1, 0.15) is 0 Å². The molecule has 0 aromatic rings. The topological polar surface area (TPSA) is 33.7 Å². The Labute approximate surface area is 125 Å². The van der Waals surface area contributed by atoms with Gasteiger partial charge >= 0.3 is 0 Å². The van der Waals surface area contributed by atoms with Crippen LogP contribution in [0.5, 0.6) is 0 Å². The maximum absolute atomic E-state index is 5.60. The zero-order valence-corrected chi connectivity index (χ0v) is 13.7. The minimum Gasteiger partial charge on any atom is -0.379 e. The Morgan fingerprint density at radius 3 is 2.20 bits per heavy atom. The van der Waals surface area contributed by atoms with Crippen LogP contribution in [-0.4, -0.2) is 63.0 Å². The molecule has 1 saturated heterocycles. The van der Waals surface area contributed by atoms with Crippen LogP contribution < -0.4 is 5.32 Å². The molecule has 0 amide bonds. The van der Waals surface area contributed by atoms with Crippen LogP contribution in [0, 0.1) is 0 Å². The molecule has 4 nitrogen and oxygen atoms in total. The van der Waals surface area contributed by atoms with Crippen molar-refractivity contribution in [1.82, 2.24) is 10.2 Å². The van der Waals surface area contributed by atoms with Crippen molar-refractivity contribution in [3.8, 4) is 0 Å². The summed E-state index contributed by atoms with van der Waals surface area (Å²) in [4.78, 5) is 2.56. The quantitative estimate of drug-likeness (QED) is 0.625. The van der Waals surface area contributed by atoms with Gasteiger partial charge in [-0.2, -0.15) is 0 Å². The van der Waals surface area contributed by atoms with Crippen LogP contribution in [0.1, 0.15) is 46.5 Å². The summed E-state index contributed by atoms with van der Waals surface area (Å²) in [7, 11) is 0. The molecule has 0 spiro atoms. The average molecular weight is 286 g/mol. The fourth-order valence-corrected chi connectivity index (χ4v) is 2.39. The number of likely N-dealkylation sites (tertiary alicyclic amines) is 1. The van der Waals surface area contributed by atoms with Crippen LogP contribution in [0.15, 0.2) is 0 Å². The summed E-state index contributed by atoms with van der Waals surface area (Å²) in [5, 5.41) is 3.40. The maximum Gasteiger partial charge on any atom is 0.0701 e. The summed E-state index contributed by atoms with van der Waals surface area (Å²) in [5.41, 5.74) is 0.175. The van der Waals surface area contributed by atoms with E-state index < -0.39 is 0 Å². The molecular formula is C16H34N2O2. The van der Waals surface area contributed by atoms with Gasteiger partial charge in [-0.15, -0.1) is 0 Å². The molecule has 20 heavy (non-hydrogen) atoms. The molecule has 4 heteroatoms. The van der Waals surface area contributed by atoms with E-state index in [9.17, 15) is 0 Å². The van der Waals surface area contributed by atoms with Gasteiger partial charge in [-0.05, 0) is 53.1 Å². The third-order valence-electron chi connectivity index (χ3n) is 3.49. The van der Waals surface area contributed by atoms with Gasteiger partial charge in [0.2, 0.25) is 0 Å². The van der Waals surface area contributed by atoms with Gasteiger partial charge in [0, 0.05) is 25.2 Å². The molecule has 1 heterocycles. The van der Waals surface area contributed by atoms with E-state index in [2.05, 4.69) is 31.0 Å². The van der Waals surface area contributed by atoms with Crippen molar-refractivity contribution in [2.75, 3.05) is 52.6 Å². The minimum atomic E-state index is 0.175. The number of nitrogens with zero attached hydrogens (tertiary/aromatic N) is 1. The molecule has 0 radical (unpaired) electrons. The van der Waals surface area contributed by atoms with E-state index in [1.807, 2.05) is 0 Å². The molecule has 0 aromatic heterocycles. The summed E-state index contributed by atoms with van der Waals surface area (Å²) in [6.07, 6.45) is 5.30. The van der Waals surface area contributed by atoms with Crippen LogP contribution in [-0.2, 0) is 9.47 Å². The third kappa shape index (κ3) is 10.6. The fraction of sp³-hybridized carbons (Fsp3) is 1.00. The van der Waals surface area contributed by atoms with Crippen molar-refractivity contribution < 1.29 is 9.47 Å². The molecule has 1 aliphatic heterocycles. The second-order valence-corrected chi connectivity index (χ2v) is 6.66. The highest BCUT2D eigenvalue weighted by molar-refractivity contribution is 4.69. The monoisotopic (exact) mass is 286 g/mol. The number of nitrogens with one attached hydrogen (secondary N) is 1. The maximum atomic E-state index is 5.60. The standard InChI is InChI=1S/C16H34N2O2/c1-16(2,3)17-8-13-20-15-14-19-12-7-11-18-9-5-4-6-10-18/h17H,4-15H2,1-3H3. The van der Waals surface area contributed by atoms with Crippen LogP contribution in [0.2, 0.25) is 0 Å². The lowest BCUT2D eigenvalue weighted by molar-refractivity contribution is 0.0434. The van der Waals surface area contributed by atoms with Crippen LogP contribution in [0.25, 0.3) is 0 Å². The highest BCUT2D eigenvalue weighted by Gasteiger charge is 2.09. The zero-order chi connectivity index (χ0) is 14.7. The van der Waals surface area contributed by atoms with E-state index in [1.165, 1.54) is 38.9 Å². The second-order valence-electron chi connectivity index (χ2n) is 6.66. The van der Waals surface area contributed by atoms with Gasteiger partial charge in [-0.25, -0.2) is 0 Å². The summed E-state index contributed by atoms with van der Waals surface area (Å²) >= 11 is 0. The van der Waals surface area contributed by atoms with E-state index in [0.29, 0.717) is 6.61 Å². The molecule has 1 fully saturated rings. The summed E-state index contributed by atoms with van der Waals surface area (Å²) < 4.78 is 11.1. The van der Waals surface area contributed by atoms with Gasteiger partial charge in [-0.3, -0.25) is 0 Å². The van der Waals surface area contributed by atoms with Gasteiger partial charge in [0.05, 0.1) is 19.8 Å². The Kier molecular flexibility index (Phi) is 9.44. The molecule has 0 aliphatic carbocycles. The molecule has 120 valence electrons. The Morgan fingerprint density at radius 1 is 0.900 bits per heavy atom. The number of hydrogen-bond donors (Lipinski definition) is 1. The van der Waals surface area contributed by atoms with Gasteiger partial charge in [0.15, 0.2) is 0 Å². The normalized spacial score (nSPS) is 17.6. The SMILES string of the molecule is CC(C)(C)NCCOCCOCCCN1CCCCC1. The first-order valence-electron chi connectivity index (χ1n) is 8.21. The smallest absolute Gasteiger partial charge is 0.0701 e. The van der Waals surface area contributed by atoms with Crippen molar-refractivity contribution in [2.24, 2.45) is 0 Å². The molecule has 0 bridgehead atoms. The first-order valence-corrected chi connectivity index (χ1v) is 8.21. The summed E-state index contributed by atoms with van der Waals surface area (Å²) in [6, 6.07) is 0. The van der Waals surface area contributed by atoms with E-state index in [-0.39, 0.29) is 5.54 Å². The second kappa shape index (κ2) is 10.6. The first kappa shape index (κ1) is 17.9. The highest BCUT2D eigenvalue weighted by Crippen LogP contribution is 2.08. The van der Waals surface area contributed by atoms with Gasteiger partial charge in [-0.1, -0.05) is 6.42 Å². The molecule has 0 saturated carbocycles. The van der Waals surface area contributed by atoms with E-state index in [1.54, 1.807) is 0 Å². The predicted molar refractivity (Wildman–Crippen MR) is 84.3 cm³/mol. The predicted octanol–water partition coefficient (Wildman–Crippen LogP) is 2.28. The van der Waals surface area contributed by atoms with Crippen LogP contribution in [0.4, 0.5) is 0 Å². The molecule has 0 unspecified atom stereocenters. The van der Waals surface area contributed by atoms with Crippen molar-refractivity contribution in [1.29, 1.82) is 0 Å². The Hall–Kier alpha value is -0.160. The average Bonchev–Trinajstić information content (AvgIpc) is 2.41. The number of rotatable bonds is 10. The molecule has 0 atom stereocenters. The third-order valence-corrected chi connectivity index (χ3v) is 3.49. The fourth-order valence-electron chi connectivity index (χ4n) is 2.39. The molecular weight excluding hydrogens is 252 g/mol. The lowest BCUT2D eigenvalue weighted by Gasteiger charge is -2.26. The number of ether oxygens (including phenoxy) is 2. The van der Waals surface area contributed by atoms with Crippen LogP contribution in [0.3, 0.4) is 0 Å². The zero-order valence-electron chi connectivity index (χ0n) is 13.7. The lowest BCUT2D eigenvalue weighted by atomic mass is 10.1. The number of hydrogen-bond acceptors (Lipinski definition) is 4. The van der Waals surface area contributed by atoms with Crippen molar-refractivity contribution in [3.63, 3.8) is 0 Å². The molecule has 1 N–H and O–H groups in total. The minimum absolute atomic E-state index is 0.175. The van der Waals surface area contributed by atoms with Crippen molar-refractivity contribution in [3.05, 3.63) is 0 Å². The van der Waals surface area contributed by atoms with E-state index in [4.69, 9.17) is 9.47 Å². The molecule has 0 aromatic carbocycles. The van der Waals surface area contributed by atoms with Gasteiger partial charge < -0.3 is 19.7 Å². The van der Waals surface area contributed by atoms with Crippen LogP contribution >= 0.6 is 0 Å². The summed E-state index contributed by atoms with van der Waals surface area (Å²) in [6.45, 7) is 14.2. The van der Waals surface area contributed by atoms with E-state index >= 15 is 0 Å². The summed E-state index contributed by atoms with van der Waals surface area (Å²) in [5.74, 6) is 0. The van der Waals surface area contributed by atoms with Gasteiger partial charge in [0.25, 0.3) is 0 Å². The number of piperidine rings is 1. The lowest BCUT2D eigenvalue weighted by Crippen LogP contribution is -2.38. The van der Waals surface area contributed by atoms with Crippen molar-refractivity contribution >= 4 is 0 Å². The Morgan fingerprint density at radius 2 is 1.55 bits per heavy atom. The van der Waals surface area contributed by atoms with Crippen molar-refractivity contribution in [2.45, 2.75) is 52.0 Å². The Balaban J connectivity index is 1.76. The largest absolute Gasteiger partial charge is 0.379 e. The molecule has 1 aliphatic rings. The molecule has 1 rings (SSSR count).